The van der Waals surface area contributed by atoms with Crippen LogP contribution in [0, 0.1) is 36.9 Å². The van der Waals surface area contributed by atoms with Crippen LogP contribution in [-0.4, -0.2) is 22.3 Å². The number of hydrogen-bond donors (Lipinski definition) is 2. The Morgan fingerprint density at radius 3 is 1.86 bits per heavy atom. The molecule has 4 heteroatoms. The molecule has 0 amide bonds. The molecule has 7 heavy (non-hydrogen) atoms. The van der Waals surface area contributed by atoms with Crippen LogP contribution in [0.3, 0.4) is 0 Å². The monoisotopic (exact) mass is 259 g/mol. The average Bonchev–Trinajstić information content (AvgIpc) is 1.36. The first-order valence-electron chi connectivity index (χ1n) is 1.55. The Balaban J connectivity index is 0. The number of carbonyl (C=O) groups is 1. The van der Waals surface area contributed by atoms with E-state index in [0.29, 0.717) is 0 Å². The number of carboxylic acids is 1. The summed E-state index contributed by atoms with van der Waals surface area (Å²) in [6.07, 6.45) is -1.23. The zero-order valence-electron chi connectivity index (χ0n) is 3.66. The van der Waals surface area contributed by atoms with Crippen LogP contribution in [0.4, 0.5) is 0 Å². The quantitative estimate of drug-likeness (QED) is 0.664. The van der Waals surface area contributed by atoms with Crippen LogP contribution in [0.15, 0.2) is 0 Å². The third kappa shape index (κ3) is 6.66. The van der Waals surface area contributed by atoms with Crippen molar-refractivity contribution in [3.63, 3.8) is 0 Å². The van der Waals surface area contributed by atoms with Crippen LogP contribution in [0.2, 0.25) is 0 Å². The maximum Gasteiger partial charge on any atom is 0.332 e. The van der Waals surface area contributed by atoms with Gasteiger partial charge < -0.3 is 10.2 Å². The van der Waals surface area contributed by atoms with E-state index in [1.165, 1.54) is 6.92 Å². The molecule has 1 atom stereocenters. The first kappa shape index (κ1) is 10.6. The van der Waals surface area contributed by atoms with E-state index in [1.54, 1.807) is 0 Å². The summed E-state index contributed by atoms with van der Waals surface area (Å²) in [6, 6.07) is 0. The molecule has 0 aliphatic heterocycles. The molecule has 3 nitrogen and oxygen atoms in total. The van der Waals surface area contributed by atoms with Crippen LogP contribution >= 0.6 is 0 Å². The molecular formula is C3H6O3Tm. The van der Waals surface area contributed by atoms with E-state index >= 15 is 0 Å². The van der Waals surface area contributed by atoms with E-state index in [9.17, 15) is 4.79 Å². The molecule has 2 N–H and O–H groups in total. The number of aliphatic carboxylic acids is 1. The van der Waals surface area contributed by atoms with Gasteiger partial charge in [0.05, 0.1) is 0 Å². The van der Waals surface area contributed by atoms with Crippen molar-refractivity contribution in [2.45, 2.75) is 13.0 Å². The van der Waals surface area contributed by atoms with Crippen molar-refractivity contribution in [2.24, 2.45) is 0 Å². The van der Waals surface area contributed by atoms with Crippen LogP contribution < -0.4 is 0 Å². The molecule has 0 aliphatic carbocycles. The van der Waals surface area contributed by atoms with Crippen LogP contribution in [-0.2, 0) is 4.79 Å². The summed E-state index contributed by atoms with van der Waals surface area (Å²) < 4.78 is 0. The van der Waals surface area contributed by atoms with Crippen LogP contribution in [0.25, 0.3) is 0 Å². The maximum atomic E-state index is 9.45. The van der Waals surface area contributed by atoms with Gasteiger partial charge in [-0.25, -0.2) is 4.79 Å². The van der Waals surface area contributed by atoms with E-state index < -0.39 is 12.1 Å². The molecule has 0 fully saturated rings. The normalized spacial score (nSPS) is 11.7. The van der Waals surface area contributed by atoms with Gasteiger partial charge in [0.15, 0.2) is 0 Å². The molecule has 0 spiro atoms. The third-order valence-corrected chi connectivity index (χ3v) is 0.357. The molecule has 0 aromatic rings. The van der Waals surface area contributed by atoms with E-state index in [4.69, 9.17) is 10.2 Å². The Morgan fingerprint density at radius 2 is 1.86 bits per heavy atom. The Morgan fingerprint density at radius 1 is 1.71 bits per heavy atom. The fourth-order valence-electron chi connectivity index (χ4n) is 0. The van der Waals surface area contributed by atoms with E-state index in [-0.39, 0.29) is 36.9 Å². The number of aliphatic hydroxyl groups excluding tert-OH is 1. The van der Waals surface area contributed by atoms with Gasteiger partial charge >= 0.3 is 5.97 Å². The van der Waals surface area contributed by atoms with E-state index in [2.05, 4.69) is 0 Å². The third-order valence-electron chi connectivity index (χ3n) is 0.357. The molecule has 0 saturated heterocycles. The van der Waals surface area contributed by atoms with Crippen molar-refractivity contribution >= 4 is 5.97 Å². The zero-order valence-corrected chi connectivity index (χ0v) is 5.44. The van der Waals surface area contributed by atoms with Crippen LogP contribution in [0.5, 0.6) is 0 Å². The smallest absolute Gasteiger partial charge is 0.332 e. The summed E-state index contributed by atoms with van der Waals surface area (Å²) in [4.78, 5) is 9.45. The largest absolute Gasteiger partial charge is 0.479 e. The van der Waals surface area contributed by atoms with Crippen molar-refractivity contribution in [3.05, 3.63) is 0 Å². The summed E-state index contributed by atoms with van der Waals surface area (Å²) in [5.74, 6) is -1.19. The molecular weight excluding hydrogens is 253 g/mol. The number of rotatable bonds is 1. The van der Waals surface area contributed by atoms with E-state index in [0.717, 1.165) is 0 Å². The summed E-state index contributed by atoms with van der Waals surface area (Å²) in [5, 5.41) is 15.8. The van der Waals surface area contributed by atoms with Crippen LogP contribution in [0.1, 0.15) is 6.92 Å². The number of carboxylic acid groups (broad SMARTS) is 1. The second-order valence-corrected chi connectivity index (χ2v) is 1.01. The van der Waals surface area contributed by atoms with Gasteiger partial charge in [-0.3, -0.25) is 0 Å². The van der Waals surface area contributed by atoms with E-state index in [1.807, 2.05) is 0 Å². The van der Waals surface area contributed by atoms with Gasteiger partial charge in [0, 0.05) is 36.9 Å². The predicted octanol–water partition coefficient (Wildman–Crippen LogP) is -0.548. The minimum Gasteiger partial charge on any atom is -0.479 e. The fourth-order valence-corrected chi connectivity index (χ4v) is 0. The second-order valence-electron chi connectivity index (χ2n) is 1.01. The minimum atomic E-state index is -1.23. The SMILES string of the molecule is CC(O)C(=O)O.[Tm]. The van der Waals surface area contributed by atoms with Crippen molar-refractivity contribution < 1.29 is 51.9 Å². The Kier molecular flexibility index (Phi) is 7.30. The first-order valence-corrected chi connectivity index (χ1v) is 1.55. The van der Waals surface area contributed by atoms with Crippen molar-refractivity contribution in [1.82, 2.24) is 0 Å². The summed E-state index contributed by atoms with van der Waals surface area (Å²) in [6.45, 7) is 1.20. The maximum absolute atomic E-state index is 9.45. The second kappa shape index (κ2) is 4.81. The van der Waals surface area contributed by atoms with Gasteiger partial charge in [0.2, 0.25) is 0 Å². The Bertz CT molecular complexity index is 61.2. The molecule has 0 saturated carbocycles. The molecule has 0 aliphatic rings. The predicted molar refractivity (Wildman–Crippen MR) is 19.3 cm³/mol. The topological polar surface area (TPSA) is 57.5 Å². The van der Waals surface area contributed by atoms with Crippen molar-refractivity contribution in [3.8, 4) is 0 Å². The Labute approximate surface area is 70.5 Å². The summed E-state index contributed by atoms with van der Waals surface area (Å²) >= 11 is 0. The van der Waals surface area contributed by atoms with Gasteiger partial charge in [0.25, 0.3) is 0 Å². The molecule has 0 aromatic heterocycles. The molecule has 0 heterocycles. The van der Waals surface area contributed by atoms with Gasteiger partial charge in [-0.2, -0.15) is 0 Å². The Hall–Kier alpha value is 0.664. The zero-order chi connectivity index (χ0) is 5.15. The minimum absolute atomic E-state index is 0. The van der Waals surface area contributed by atoms with Gasteiger partial charge in [-0.05, 0) is 6.92 Å². The molecule has 49 valence electrons. The molecule has 0 rings (SSSR count). The number of hydrogen-bond acceptors (Lipinski definition) is 2. The molecule has 0 aromatic carbocycles. The van der Waals surface area contributed by atoms with Gasteiger partial charge in [0.1, 0.15) is 6.10 Å². The first-order chi connectivity index (χ1) is 2.64. The van der Waals surface area contributed by atoms with Crippen molar-refractivity contribution in [1.29, 1.82) is 0 Å². The fraction of sp³-hybridized carbons (Fsp3) is 0.667. The van der Waals surface area contributed by atoms with Gasteiger partial charge in [-0.15, -0.1) is 0 Å². The molecule has 0 bridgehead atoms. The standard InChI is InChI=1S/C3H6O3.Tm/c1-2(4)3(5)6;/h2,4H,1H3,(H,5,6);. The number of aliphatic hydroxyl groups is 1. The average molecular weight is 259 g/mol. The summed E-state index contributed by atoms with van der Waals surface area (Å²) in [7, 11) is 0. The van der Waals surface area contributed by atoms with Gasteiger partial charge in [-0.1, -0.05) is 0 Å². The molecule has 1 unspecified atom stereocenters. The van der Waals surface area contributed by atoms with Crippen molar-refractivity contribution in [2.75, 3.05) is 0 Å². The molecule has 1 radical (unpaired) electrons. The summed E-state index contributed by atoms with van der Waals surface area (Å²) in [5.41, 5.74) is 0.